The van der Waals surface area contributed by atoms with Gasteiger partial charge in [0.05, 0.1) is 11.0 Å². The first-order chi connectivity index (χ1) is 10.0. The summed E-state index contributed by atoms with van der Waals surface area (Å²) in [7, 11) is 0. The van der Waals surface area contributed by atoms with Gasteiger partial charge in [-0.05, 0) is 46.1 Å². The van der Waals surface area contributed by atoms with E-state index in [0.717, 1.165) is 26.6 Å². The van der Waals surface area contributed by atoms with Crippen LogP contribution in [0.5, 0.6) is 0 Å². The molecule has 0 aliphatic rings. The standard InChI is InChI=1S/C15H14Br2N2O2/c1-2-14(10-4-3-5-12(8-10)19(20)21)18-15-7-6-11(16)9-13(15)17/h3-9,14,18H,2H2,1H3. The van der Waals surface area contributed by atoms with Crippen LogP contribution in [-0.2, 0) is 0 Å². The molecule has 2 aromatic carbocycles. The van der Waals surface area contributed by atoms with E-state index in [2.05, 4.69) is 37.2 Å². The number of nitro benzene ring substituents is 1. The summed E-state index contributed by atoms with van der Waals surface area (Å²) < 4.78 is 1.93. The number of halogens is 2. The van der Waals surface area contributed by atoms with E-state index in [-0.39, 0.29) is 16.7 Å². The number of rotatable bonds is 5. The van der Waals surface area contributed by atoms with Gasteiger partial charge in [0.2, 0.25) is 0 Å². The molecule has 110 valence electrons. The van der Waals surface area contributed by atoms with Crippen LogP contribution in [0.4, 0.5) is 11.4 Å². The van der Waals surface area contributed by atoms with Gasteiger partial charge in [-0.3, -0.25) is 10.1 Å². The van der Waals surface area contributed by atoms with Crippen LogP contribution >= 0.6 is 31.9 Å². The molecule has 0 radical (unpaired) electrons. The minimum absolute atomic E-state index is 0.0161. The van der Waals surface area contributed by atoms with Crippen LogP contribution in [0.3, 0.4) is 0 Å². The Kier molecular flexibility index (Phi) is 5.36. The van der Waals surface area contributed by atoms with Gasteiger partial charge in [-0.2, -0.15) is 0 Å². The van der Waals surface area contributed by atoms with Crippen LogP contribution in [0.25, 0.3) is 0 Å². The van der Waals surface area contributed by atoms with E-state index in [0.29, 0.717) is 0 Å². The molecular weight excluding hydrogens is 400 g/mol. The van der Waals surface area contributed by atoms with Crippen LogP contribution in [0, 0.1) is 10.1 Å². The Balaban J connectivity index is 2.27. The van der Waals surface area contributed by atoms with Gasteiger partial charge in [0.25, 0.3) is 5.69 Å². The summed E-state index contributed by atoms with van der Waals surface area (Å²) in [5.41, 5.74) is 1.97. The third-order valence-corrected chi connectivity index (χ3v) is 4.30. The van der Waals surface area contributed by atoms with E-state index in [9.17, 15) is 10.1 Å². The topological polar surface area (TPSA) is 55.2 Å². The van der Waals surface area contributed by atoms with Gasteiger partial charge >= 0.3 is 0 Å². The normalized spacial score (nSPS) is 12.0. The number of nitro groups is 1. The molecule has 6 heteroatoms. The molecule has 4 nitrogen and oxygen atoms in total. The molecule has 0 fully saturated rings. The number of benzene rings is 2. The van der Waals surface area contributed by atoms with Gasteiger partial charge in [0, 0.05) is 26.8 Å². The molecule has 2 aromatic rings. The molecule has 1 N–H and O–H groups in total. The third-order valence-electron chi connectivity index (χ3n) is 3.15. The summed E-state index contributed by atoms with van der Waals surface area (Å²) in [4.78, 5) is 10.5. The summed E-state index contributed by atoms with van der Waals surface area (Å²) >= 11 is 6.93. The van der Waals surface area contributed by atoms with Crippen molar-refractivity contribution in [3.63, 3.8) is 0 Å². The molecule has 1 unspecified atom stereocenters. The first kappa shape index (κ1) is 16.0. The Labute approximate surface area is 140 Å². The summed E-state index contributed by atoms with van der Waals surface area (Å²) in [6.07, 6.45) is 0.823. The van der Waals surface area contributed by atoms with Crippen LogP contribution in [0.2, 0.25) is 0 Å². The lowest BCUT2D eigenvalue weighted by molar-refractivity contribution is -0.384. The summed E-state index contributed by atoms with van der Waals surface area (Å²) in [6, 6.07) is 12.6. The van der Waals surface area contributed by atoms with Crippen molar-refractivity contribution in [3.05, 3.63) is 67.1 Å². The number of nitrogens with one attached hydrogen (secondary N) is 1. The molecular formula is C15H14Br2N2O2. The average Bonchev–Trinajstić information content (AvgIpc) is 2.46. The van der Waals surface area contributed by atoms with E-state index in [4.69, 9.17) is 0 Å². The smallest absolute Gasteiger partial charge is 0.269 e. The Hall–Kier alpha value is -1.40. The van der Waals surface area contributed by atoms with Crippen LogP contribution in [-0.4, -0.2) is 4.92 Å². The van der Waals surface area contributed by atoms with Crippen LogP contribution in [0.1, 0.15) is 24.9 Å². The first-order valence-electron chi connectivity index (χ1n) is 6.47. The molecule has 0 amide bonds. The van der Waals surface area contributed by atoms with Crippen molar-refractivity contribution >= 4 is 43.2 Å². The Morgan fingerprint density at radius 3 is 2.62 bits per heavy atom. The third kappa shape index (κ3) is 4.04. The first-order valence-corrected chi connectivity index (χ1v) is 8.05. The number of non-ortho nitro benzene ring substituents is 1. The van der Waals surface area contributed by atoms with Gasteiger partial charge in [-0.15, -0.1) is 0 Å². The van der Waals surface area contributed by atoms with Gasteiger partial charge in [0.15, 0.2) is 0 Å². The SMILES string of the molecule is CCC(Nc1ccc(Br)cc1Br)c1cccc([N+](=O)[O-])c1. The summed E-state index contributed by atoms with van der Waals surface area (Å²) in [5, 5.41) is 14.3. The fourth-order valence-electron chi connectivity index (χ4n) is 2.07. The van der Waals surface area contributed by atoms with E-state index in [1.54, 1.807) is 12.1 Å². The molecule has 0 spiro atoms. The number of anilines is 1. The Morgan fingerprint density at radius 1 is 1.24 bits per heavy atom. The van der Waals surface area contributed by atoms with Gasteiger partial charge in [-0.25, -0.2) is 0 Å². The number of hydrogen-bond donors (Lipinski definition) is 1. The molecule has 0 bridgehead atoms. The molecule has 0 saturated heterocycles. The van der Waals surface area contributed by atoms with Crippen molar-refractivity contribution in [2.24, 2.45) is 0 Å². The molecule has 0 aliphatic carbocycles. The number of hydrogen-bond acceptors (Lipinski definition) is 3. The minimum atomic E-state index is -0.369. The lowest BCUT2D eigenvalue weighted by Gasteiger charge is -2.19. The maximum Gasteiger partial charge on any atom is 0.269 e. The zero-order valence-electron chi connectivity index (χ0n) is 11.3. The highest BCUT2D eigenvalue weighted by atomic mass is 79.9. The van der Waals surface area contributed by atoms with E-state index < -0.39 is 0 Å². The summed E-state index contributed by atoms with van der Waals surface area (Å²) in [5.74, 6) is 0. The van der Waals surface area contributed by atoms with Gasteiger partial charge in [-0.1, -0.05) is 35.0 Å². The van der Waals surface area contributed by atoms with Crippen molar-refractivity contribution in [1.29, 1.82) is 0 Å². The van der Waals surface area contributed by atoms with Crippen molar-refractivity contribution < 1.29 is 4.92 Å². The zero-order valence-corrected chi connectivity index (χ0v) is 14.5. The second-order valence-electron chi connectivity index (χ2n) is 4.58. The van der Waals surface area contributed by atoms with Crippen molar-refractivity contribution in [1.82, 2.24) is 0 Å². The molecule has 0 heterocycles. The van der Waals surface area contributed by atoms with E-state index in [1.807, 2.05) is 31.2 Å². The zero-order chi connectivity index (χ0) is 15.4. The van der Waals surface area contributed by atoms with Gasteiger partial charge < -0.3 is 5.32 Å². The molecule has 2 rings (SSSR count). The minimum Gasteiger partial charge on any atom is -0.377 e. The van der Waals surface area contributed by atoms with Crippen molar-refractivity contribution in [2.45, 2.75) is 19.4 Å². The molecule has 0 saturated carbocycles. The molecule has 1 atom stereocenters. The highest BCUT2D eigenvalue weighted by Crippen LogP contribution is 2.31. The quantitative estimate of drug-likeness (QED) is 0.506. The largest absolute Gasteiger partial charge is 0.377 e. The predicted molar refractivity (Wildman–Crippen MR) is 91.6 cm³/mol. The highest BCUT2D eigenvalue weighted by Gasteiger charge is 2.14. The second kappa shape index (κ2) is 7.04. The van der Waals surface area contributed by atoms with Crippen molar-refractivity contribution in [3.8, 4) is 0 Å². The fourth-order valence-corrected chi connectivity index (χ4v) is 3.23. The van der Waals surface area contributed by atoms with Crippen LogP contribution in [0.15, 0.2) is 51.4 Å². The molecule has 21 heavy (non-hydrogen) atoms. The Morgan fingerprint density at radius 2 is 2.00 bits per heavy atom. The van der Waals surface area contributed by atoms with Gasteiger partial charge in [0.1, 0.15) is 0 Å². The second-order valence-corrected chi connectivity index (χ2v) is 6.35. The van der Waals surface area contributed by atoms with E-state index in [1.165, 1.54) is 6.07 Å². The lowest BCUT2D eigenvalue weighted by Crippen LogP contribution is -2.10. The van der Waals surface area contributed by atoms with Crippen molar-refractivity contribution in [2.75, 3.05) is 5.32 Å². The van der Waals surface area contributed by atoms with Crippen LogP contribution < -0.4 is 5.32 Å². The fraction of sp³-hybridized carbons (Fsp3) is 0.200. The monoisotopic (exact) mass is 412 g/mol. The van der Waals surface area contributed by atoms with E-state index >= 15 is 0 Å². The summed E-state index contributed by atoms with van der Waals surface area (Å²) in [6.45, 7) is 2.04. The Bertz CT molecular complexity index is 662. The molecule has 0 aromatic heterocycles. The molecule has 0 aliphatic heterocycles. The maximum absolute atomic E-state index is 10.9. The highest BCUT2D eigenvalue weighted by molar-refractivity contribution is 9.11. The maximum atomic E-state index is 10.9. The number of nitrogens with zero attached hydrogens (tertiary/aromatic N) is 1. The predicted octanol–water partition coefficient (Wildman–Crippen LogP) is 5.68. The lowest BCUT2D eigenvalue weighted by atomic mass is 10.0. The average molecular weight is 414 g/mol.